The zero-order valence-electron chi connectivity index (χ0n) is 11.5. The van der Waals surface area contributed by atoms with Crippen LogP contribution >= 0.6 is 0 Å². The number of hydrogen-bond acceptors (Lipinski definition) is 2. The summed E-state index contributed by atoms with van der Waals surface area (Å²) >= 11 is 0. The highest BCUT2D eigenvalue weighted by molar-refractivity contribution is 6.07. The first-order chi connectivity index (χ1) is 9.22. The summed E-state index contributed by atoms with van der Waals surface area (Å²) in [6, 6.07) is 4.07. The highest BCUT2D eigenvalue weighted by Crippen LogP contribution is 2.33. The largest absolute Gasteiger partial charge is 0.462 e. The van der Waals surface area contributed by atoms with Crippen LogP contribution in [0.15, 0.2) is 12.1 Å². The fourth-order valence-electron chi connectivity index (χ4n) is 3.07. The van der Waals surface area contributed by atoms with Gasteiger partial charge in [-0.05, 0) is 56.7 Å². The van der Waals surface area contributed by atoms with Crippen LogP contribution in [0.4, 0.5) is 0 Å². The number of aromatic nitrogens is 1. The molecule has 1 N–H and O–H groups in total. The summed E-state index contributed by atoms with van der Waals surface area (Å²) in [5, 5.41) is 1.09. The summed E-state index contributed by atoms with van der Waals surface area (Å²) in [5.41, 5.74) is 5.45. The fraction of sp³-hybridized carbons (Fsp3) is 0.438. The Morgan fingerprint density at radius 3 is 2.89 bits per heavy atom. The van der Waals surface area contributed by atoms with Crippen molar-refractivity contribution in [1.29, 1.82) is 0 Å². The predicted octanol–water partition coefficient (Wildman–Crippen LogP) is 3.53. The number of aromatic amines is 1. The third kappa shape index (κ3) is 1.93. The number of hydrogen-bond donors (Lipinski definition) is 1. The molecule has 1 aromatic carbocycles. The van der Waals surface area contributed by atoms with Gasteiger partial charge in [-0.25, -0.2) is 4.79 Å². The Kier molecular flexibility index (Phi) is 3.05. The number of ether oxygens (including phenoxy) is 1. The minimum atomic E-state index is -0.196. The highest BCUT2D eigenvalue weighted by atomic mass is 16.5. The van der Waals surface area contributed by atoms with Crippen molar-refractivity contribution in [2.24, 2.45) is 0 Å². The maximum atomic E-state index is 12.2. The van der Waals surface area contributed by atoms with E-state index in [0.29, 0.717) is 6.61 Å². The summed E-state index contributed by atoms with van der Waals surface area (Å²) in [6.45, 7) is 4.25. The number of rotatable bonds is 2. The van der Waals surface area contributed by atoms with E-state index in [2.05, 4.69) is 11.1 Å². The lowest BCUT2D eigenvalue weighted by atomic mass is 9.92. The third-order valence-electron chi connectivity index (χ3n) is 3.95. The van der Waals surface area contributed by atoms with E-state index in [1.807, 2.05) is 19.9 Å². The van der Waals surface area contributed by atoms with Gasteiger partial charge in [-0.3, -0.25) is 0 Å². The number of fused-ring (bicyclic) bond motifs is 3. The van der Waals surface area contributed by atoms with E-state index in [1.54, 1.807) is 0 Å². The first-order valence-electron chi connectivity index (χ1n) is 7.02. The third-order valence-corrected chi connectivity index (χ3v) is 3.95. The van der Waals surface area contributed by atoms with Gasteiger partial charge in [0, 0.05) is 16.6 Å². The normalized spacial score (nSPS) is 14.4. The van der Waals surface area contributed by atoms with E-state index in [0.717, 1.165) is 34.9 Å². The van der Waals surface area contributed by atoms with Crippen LogP contribution in [-0.2, 0) is 17.6 Å². The van der Waals surface area contributed by atoms with Crippen molar-refractivity contribution in [2.75, 3.05) is 6.61 Å². The molecule has 0 unspecified atom stereocenters. The van der Waals surface area contributed by atoms with Gasteiger partial charge in [-0.1, -0.05) is 6.07 Å². The zero-order chi connectivity index (χ0) is 13.4. The SMILES string of the molecule is CCOC(=O)c1c(C)ccc2[nH]c3c(c12)CCCC3. The van der Waals surface area contributed by atoms with Crippen LogP contribution in [0.3, 0.4) is 0 Å². The number of aryl methyl sites for hydroxylation is 3. The lowest BCUT2D eigenvalue weighted by Gasteiger charge is -2.13. The second-order valence-electron chi connectivity index (χ2n) is 5.19. The number of carbonyl (C=O) groups excluding carboxylic acids is 1. The Labute approximate surface area is 113 Å². The molecular weight excluding hydrogens is 238 g/mol. The van der Waals surface area contributed by atoms with E-state index >= 15 is 0 Å². The van der Waals surface area contributed by atoms with Gasteiger partial charge in [0.05, 0.1) is 12.2 Å². The summed E-state index contributed by atoms with van der Waals surface area (Å²) in [7, 11) is 0. The molecule has 1 aromatic heterocycles. The van der Waals surface area contributed by atoms with Crippen LogP contribution in [0.5, 0.6) is 0 Å². The zero-order valence-corrected chi connectivity index (χ0v) is 11.5. The van der Waals surface area contributed by atoms with Crippen LogP contribution in [0.2, 0.25) is 0 Å². The molecule has 0 radical (unpaired) electrons. The monoisotopic (exact) mass is 257 g/mol. The van der Waals surface area contributed by atoms with E-state index < -0.39 is 0 Å². The lowest BCUT2D eigenvalue weighted by molar-refractivity contribution is 0.0528. The predicted molar refractivity (Wildman–Crippen MR) is 75.6 cm³/mol. The maximum absolute atomic E-state index is 12.2. The molecule has 1 aliphatic carbocycles. The molecule has 3 heteroatoms. The number of nitrogens with one attached hydrogen (secondary N) is 1. The number of benzene rings is 1. The highest BCUT2D eigenvalue weighted by Gasteiger charge is 2.22. The van der Waals surface area contributed by atoms with Gasteiger partial charge in [-0.2, -0.15) is 0 Å². The molecule has 1 heterocycles. The van der Waals surface area contributed by atoms with Gasteiger partial charge < -0.3 is 9.72 Å². The molecule has 3 nitrogen and oxygen atoms in total. The minimum absolute atomic E-state index is 0.196. The smallest absolute Gasteiger partial charge is 0.339 e. The van der Waals surface area contributed by atoms with Gasteiger partial charge in [0.25, 0.3) is 0 Å². The topological polar surface area (TPSA) is 42.1 Å². The van der Waals surface area contributed by atoms with E-state index in [-0.39, 0.29) is 5.97 Å². The maximum Gasteiger partial charge on any atom is 0.339 e. The van der Waals surface area contributed by atoms with Gasteiger partial charge in [0.1, 0.15) is 0 Å². The van der Waals surface area contributed by atoms with E-state index in [4.69, 9.17) is 4.74 Å². The molecule has 0 saturated carbocycles. The van der Waals surface area contributed by atoms with E-state index in [1.165, 1.54) is 24.1 Å². The number of esters is 1. The van der Waals surface area contributed by atoms with Gasteiger partial charge in [0.2, 0.25) is 0 Å². The number of H-pyrrole nitrogens is 1. The average Bonchev–Trinajstić information content (AvgIpc) is 2.77. The van der Waals surface area contributed by atoms with Crippen molar-refractivity contribution in [3.8, 4) is 0 Å². The molecule has 100 valence electrons. The Morgan fingerprint density at radius 2 is 2.11 bits per heavy atom. The van der Waals surface area contributed by atoms with Gasteiger partial charge >= 0.3 is 5.97 Å². The Balaban J connectivity index is 2.26. The van der Waals surface area contributed by atoms with Gasteiger partial charge in [-0.15, -0.1) is 0 Å². The van der Waals surface area contributed by atoms with Crippen LogP contribution in [0, 0.1) is 6.92 Å². The Hall–Kier alpha value is -1.77. The molecule has 19 heavy (non-hydrogen) atoms. The van der Waals surface area contributed by atoms with Crippen LogP contribution in [0.1, 0.15) is 46.9 Å². The summed E-state index contributed by atoms with van der Waals surface area (Å²) in [6.07, 6.45) is 4.58. The Morgan fingerprint density at radius 1 is 1.32 bits per heavy atom. The van der Waals surface area contributed by atoms with Crippen LogP contribution < -0.4 is 0 Å². The molecule has 0 bridgehead atoms. The van der Waals surface area contributed by atoms with Gasteiger partial charge in [0.15, 0.2) is 0 Å². The first kappa shape index (κ1) is 12.3. The summed E-state index contributed by atoms with van der Waals surface area (Å²) in [4.78, 5) is 15.7. The molecule has 1 aliphatic rings. The van der Waals surface area contributed by atoms with Crippen molar-refractivity contribution in [1.82, 2.24) is 4.98 Å². The lowest BCUT2D eigenvalue weighted by Crippen LogP contribution is -2.08. The standard InChI is InChI=1S/C16H19NO2/c1-3-19-16(18)14-10(2)8-9-13-15(14)11-6-4-5-7-12(11)17-13/h8-9,17H,3-7H2,1-2H3. The number of carbonyl (C=O) groups is 1. The molecule has 0 spiro atoms. The van der Waals surface area contributed by atoms with E-state index in [9.17, 15) is 4.79 Å². The minimum Gasteiger partial charge on any atom is -0.462 e. The molecule has 3 rings (SSSR count). The quantitative estimate of drug-likeness (QED) is 0.836. The van der Waals surface area contributed by atoms with Crippen molar-refractivity contribution in [2.45, 2.75) is 39.5 Å². The molecule has 2 aromatic rings. The fourth-order valence-corrected chi connectivity index (χ4v) is 3.07. The molecule has 0 fully saturated rings. The van der Waals surface area contributed by atoms with Crippen LogP contribution in [-0.4, -0.2) is 17.6 Å². The summed E-state index contributed by atoms with van der Waals surface area (Å²) < 4.78 is 5.22. The second kappa shape index (κ2) is 4.72. The van der Waals surface area contributed by atoms with Crippen LogP contribution in [0.25, 0.3) is 10.9 Å². The molecule has 0 atom stereocenters. The molecule has 0 aliphatic heterocycles. The Bertz CT molecular complexity index is 640. The first-order valence-corrected chi connectivity index (χ1v) is 7.02. The molecular formula is C16H19NO2. The van der Waals surface area contributed by atoms with Crippen molar-refractivity contribution in [3.63, 3.8) is 0 Å². The van der Waals surface area contributed by atoms with Crippen molar-refractivity contribution in [3.05, 3.63) is 34.5 Å². The van der Waals surface area contributed by atoms with Crippen molar-refractivity contribution < 1.29 is 9.53 Å². The molecule has 0 amide bonds. The van der Waals surface area contributed by atoms with Crippen molar-refractivity contribution >= 4 is 16.9 Å². The molecule has 0 saturated heterocycles. The summed E-state index contributed by atoms with van der Waals surface area (Å²) in [5.74, 6) is -0.196. The average molecular weight is 257 g/mol. The second-order valence-corrected chi connectivity index (χ2v) is 5.19.